The van der Waals surface area contributed by atoms with Gasteiger partial charge in [0.25, 0.3) is 0 Å². The number of hydrogen-bond acceptors (Lipinski definition) is 3. The van der Waals surface area contributed by atoms with Crippen molar-refractivity contribution in [3.05, 3.63) is 30.3 Å². The Morgan fingerprint density at radius 3 is 2.55 bits per heavy atom. The summed E-state index contributed by atoms with van der Waals surface area (Å²) in [7, 11) is 1.67. The van der Waals surface area contributed by atoms with Crippen LogP contribution in [0.25, 0.3) is 0 Å². The number of anilines is 1. The summed E-state index contributed by atoms with van der Waals surface area (Å²) in [6.07, 6.45) is 0. The summed E-state index contributed by atoms with van der Waals surface area (Å²) in [5.41, 5.74) is 0.847. The van der Waals surface area contributed by atoms with E-state index in [2.05, 4.69) is 4.84 Å². The molecule has 1 aromatic carbocycles. The van der Waals surface area contributed by atoms with Crippen molar-refractivity contribution in [1.82, 2.24) is 0 Å². The normalized spacial score (nSPS) is 8.82. The van der Waals surface area contributed by atoms with Crippen molar-refractivity contribution in [1.29, 1.82) is 0 Å². The molecule has 3 nitrogen and oxygen atoms in total. The Morgan fingerprint density at radius 2 is 2.00 bits per heavy atom. The standard InChI is InChI=1S/C8H9NO2/c1-9(11-7-10)8-5-3-2-4-6-8/h2-7H,1H3. The van der Waals surface area contributed by atoms with Crippen LogP contribution in [-0.2, 0) is 9.63 Å². The molecule has 0 radical (unpaired) electrons. The van der Waals surface area contributed by atoms with E-state index in [-0.39, 0.29) is 0 Å². The molecular weight excluding hydrogens is 142 g/mol. The van der Waals surface area contributed by atoms with Crippen LogP contribution in [-0.4, -0.2) is 13.5 Å². The number of hydroxylamine groups is 1. The summed E-state index contributed by atoms with van der Waals surface area (Å²) in [5.74, 6) is 0. The topological polar surface area (TPSA) is 29.5 Å². The van der Waals surface area contributed by atoms with Crippen LogP contribution < -0.4 is 5.06 Å². The van der Waals surface area contributed by atoms with E-state index >= 15 is 0 Å². The number of carbonyl (C=O) groups excluding carboxylic acids is 1. The van der Waals surface area contributed by atoms with E-state index in [1.165, 1.54) is 5.06 Å². The number of para-hydroxylation sites is 1. The summed E-state index contributed by atoms with van der Waals surface area (Å²) < 4.78 is 0. The second-order valence-corrected chi connectivity index (χ2v) is 2.03. The van der Waals surface area contributed by atoms with Crippen LogP contribution in [0.2, 0.25) is 0 Å². The fourth-order valence-corrected chi connectivity index (χ4v) is 0.763. The van der Waals surface area contributed by atoms with E-state index in [0.29, 0.717) is 6.47 Å². The average Bonchev–Trinajstić information content (AvgIpc) is 2.07. The quantitative estimate of drug-likeness (QED) is 0.480. The van der Waals surface area contributed by atoms with Crippen molar-refractivity contribution in [2.75, 3.05) is 12.1 Å². The van der Waals surface area contributed by atoms with Crippen molar-refractivity contribution >= 4 is 12.2 Å². The second-order valence-electron chi connectivity index (χ2n) is 2.03. The van der Waals surface area contributed by atoms with Crippen molar-refractivity contribution < 1.29 is 9.63 Å². The van der Waals surface area contributed by atoms with Crippen LogP contribution >= 0.6 is 0 Å². The molecule has 0 fully saturated rings. The Hall–Kier alpha value is -1.51. The molecular formula is C8H9NO2. The zero-order chi connectivity index (χ0) is 8.10. The van der Waals surface area contributed by atoms with E-state index < -0.39 is 0 Å². The highest BCUT2D eigenvalue weighted by molar-refractivity contribution is 5.47. The first kappa shape index (κ1) is 7.60. The lowest BCUT2D eigenvalue weighted by Crippen LogP contribution is -2.15. The molecule has 0 N–H and O–H groups in total. The van der Waals surface area contributed by atoms with Crippen LogP contribution in [0.15, 0.2) is 30.3 Å². The number of nitrogens with zero attached hydrogens (tertiary/aromatic N) is 1. The van der Waals surface area contributed by atoms with Crippen LogP contribution in [0.3, 0.4) is 0 Å². The van der Waals surface area contributed by atoms with Gasteiger partial charge in [-0.05, 0) is 12.1 Å². The predicted molar refractivity (Wildman–Crippen MR) is 42.0 cm³/mol. The Kier molecular flexibility index (Phi) is 2.49. The molecule has 1 aromatic rings. The third kappa shape index (κ3) is 1.97. The third-order valence-electron chi connectivity index (χ3n) is 1.32. The highest BCUT2D eigenvalue weighted by atomic mass is 16.7. The Bertz CT molecular complexity index is 223. The summed E-state index contributed by atoms with van der Waals surface area (Å²) in [4.78, 5) is 14.5. The molecule has 3 heteroatoms. The molecule has 58 valence electrons. The van der Waals surface area contributed by atoms with Gasteiger partial charge in [-0.3, -0.25) is 4.79 Å². The van der Waals surface area contributed by atoms with Crippen LogP contribution in [0.5, 0.6) is 0 Å². The molecule has 0 aliphatic heterocycles. The smallest absolute Gasteiger partial charge is 0.320 e. The summed E-state index contributed by atoms with van der Waals surface area (Å²) >= 11 is 0. The van der Waals surface area contributed by atoms with Crippen molar-refractivity contribution in [3.8, 4) is 0 Å². The molecule has 11 heavy (non-hydrogen) atoms. The van der Waals surface area contributed by atoms with Gasteiger partial charge < -0.3 is 4.84 Å². The molecule has 0 aromatic heterocycles. The first-order valence-electron chi connectivity index (χ1n) is 3.24. The number of hydrogen-bond donors (Lipinski definition) is 0. The summed E-state index contributed by atoms with van der Waals surface area (Å²) in [6, 6.07) is 9.35. The molecule has 0 amide bonds. The molecule has 0 aliphatic rings. The third-order valence-corrected chi connectivity index (χ3v) is 1.32. The largest absolute Gasteiger partial charge is 0.344 e. The number of benzene rings is 1. The molecule has 0 atom stereocenters. The monoisotopic (exact) mass is 151 g/mol. The first-order valence-corrected chi connectivity index (χ1v) is 3.24. The molecule has 0 unspecified atom stereocenters. The number of carbonyl (C=O) groups is 1. The van der Waals surface area contributed by atoms with Gasteiger partial charge in [-0.25, -0.2) is 5.06 Å². The molecule has 0 aliphatic carbocycles. The predicted octanol–water partition coefficient (Wildman–Crippen LogP) is 1.21. The van der Waals surface area contributed by atoms with Gasteiger partial charge in [0.1, 0.15) is 0 Å². The lowest BCUT2D eigenvalue weighted by molar-refractivity contribution is -0.129. The van der Waals surface area contributed by atoms with Gasteiger partial charge in [-0.1, -0.05) is 18.2 Å². The van der Waals surface area contributed by atoms with Crippen molar-refractivity contribution in [2.45, 2.75) is 0 Å². The fourth-order valence-electron chi connectivity index (χ4n) is 0.763. The van der Waals surface area contributed by atoms with Gasteiger partial charge in [0.05, 0.1) is 5.69 Å². The van der Waals surface area contributed by atoms with Gasteiger partial charge in [-0.2, -0.15) is 0 Å². The second kappa shape index (κ2) is 3.61. The van der Waals surface area contributed by atoms with Gasteiger partial charge in [0.2, 0.25) is 0 Å². The minimum absolute atomic E-state index is 0.396. The first-order chi connectivity index (χ1) is 5.34. The zero-order valence-electron chi connectivity index (χ0n) is 6.23. The van der Waals surface area contributed by atoms with Gasteiger partial charge >= 0.3 is 6.47 Å². The average molecular weight is 151 g/mol. The minimum Gasteiger partial charge on any atom is -0.344 e. The lowest BCUT2D eigenvalue weighted by atomic mass is 10.3. The van der Waals surface area contributed by atoms with Gasteiger partial charge in [0.15, 0.2) is 0 Å². The van der Waals surface area contributed by atoms with E-state index in [1.807, 2.05) is 30.3 Å². The lowest BCUT2D eigenvalue weighted by Gasteiger charge is -2.13. The molecule has 0 heterocycles. The molecule has 1 rings (SSSR count). The van der Waals surface area contributed by atoms with E-state index in [0.717, 1.165) is 5.69 Å². The SMILES string of the molecule is CN(OC=O)c1ccccc1. The van der Waals surface area contributed by atoms with Crippen LogP contribution in [0, 0.1) is 0 Å². The van der Waals surface area contributed by atoms with E-state index in [4.69, 9.17) is 0 Å². The molecule has 0 bridgehead atoms. The van der Waals surface area contributed by atoms with Gasteiger partial charge in [0, 0.05) is 7.05 Å². The van der Waals surface area contributed by atoms with E-state index in [1.54, 1.807) is 7.05 Å². The van der Waals surface area contributed by atoms with Gasteiger partial charge in [-0.15, -0.1) is 0 Å². The van der Waals surface area contributed by atoms with Crippen molar-refractivity contribution in [3.63, 3.8) is 0 Å². The maximum atomic E-state index is 9.92. The Morgan fingerprint density at radius 1 is 1.36 bits per heavy atom. The van der Waals surface area contributed by atoms with Crippen molar-refractivity contribution in [2.24, 2.45) is 0 Å². The number of rotatable bonds is 3. The molecule has 0 saturated carbocycles. The molecule has 0 spiro atoms. The zero-order valence-corrected chi connectivity index (χ0v) is 6.23. The van der Waals surface area contributed by atoms with Crippen LogP contribution in [0.1, 0.15) is 0 Å². The van der Waals surface area contributed by atoms with E-state index in [9.17, 15) is 4.79 Å². The summed E-state index contributed by atoms with van der Waals surface area (Å²) in [5, 5.41) is 1.40. The fraction of sp³-hybridized carbons (Fsp3) is 0.125. The maximum Gasteiger partial charge on any atom is 0.320 e. The van der Waals surface area contributed by atoms with Crippen LogP contribution in [0.4, 0.5) is 5.69 Å². The highest BCUT2D eigenvalue weighted by Gasteiger charge is 1.96. The minimum atomic E-state index is 0.396. The maximum absolute atomic E-state index is 9.92. The Balaban J connectivity index is 2.68. The highest BCUT2D eigenvalue weighted by Crippen LogP contribution is 2.09. The summed E-state index contributed by atoms with van der Waals surface area (Å²) in [6.45, 7) is 0.396. The molecule has 0 saturated heterocycles. The Labute approximate surface area is 65.2 Å².